The monoisotopic (exact) mass is 362 g/mol. The normalized spacial score (nSPS) is 12.2. The van der Waals surface area contributed by atoms with E-state index < -0.39 is 0 Å². The van der Waals surface area contributed by atoms with Gasteiger partial charge >= 0.3 is 0 Å². The van der Waals surface area contributed by atoms with Gasteiger partial charge in [-0.15, -0.1) is 0 Å². The van der Waals surface area contributed by atoms with Gasteiger partial charge in [0.1, 0.15) is 0 Å². The Morgan fingerprint density at radius 1 is 1.19 bits per heavy atom. The molecule has 140 valence electrons. The summed E-state index contributed by atoms with van der Waals surface area (Å²) in [5.41, 5.74) is 4.73. The maximum Gasteiger partial charge on any atom is 0.251 e. The van der Waals surface area contributed by atoms with E-state index in [1.54, 1.807) is 12.4 Å². The van der Waals surface area contributed by atoms with E-state index in [2.05, 4.69) is 36.2 Å². The third kappa shape index (κ3) is 4.25. The zero-order valence-electron chi connectivity index (χ0n) is 16.3. The van der Waals surface area contributed by atoms with Gasteiger partial charge < -0.3 is 5.32 Å². The molecular weight excluding hydrogens is 336 g/mol. The first-order valence-electron chi connectivity index (χ1n) is 9.36. The average Bonchev–Trinajstić information content (AvgIpc) is 3.09. The molecule has 1 atom stereocenters. The number of rotatable bonds is 6. The van der Waals surface area contributed by atoms with E-state index >= 15 is 0 Å². The number of aromatic nitrogens is 3. The van der Waals surface area contributed by atoms with Crippen LogP contribution in [0.1, 0.15) is 60.9 Å². The predicted octanol–water partition coefficient (Wildman–Crippen LogP) is 4.72. The number of nitrogens with one attached hydrogen (secondary N) is 1. The van der Waals surface area contributed by atoms with E-state index in [0.29, 0.717) is 11.6 Å². The highest BCUT2D eigenvalue weighted by Crippen LogP contribution is 2.25. The lowest BCUT2D eigenvalue weighted by atomic mass is 10.0. The topological polar surface area (TPSA) is 59.8 Å². The highest BCUT2D eigenvalue weighted by Gasteiger charge is 2.16. The predicted molar refractivity (Wildman–Crippen MR) is 108 cm³/mol. The maximum absolute atomic E-state index is 12.8. The summed E-state index contributed by atoms with van der Waals surface area (Å²) < 4.78 is 1.95. The maximum atomic E-state index is 12.8. The largest absolute Gasteiger partial charge is 0.345 e. The minimum absolute atomic E-state index is 0.0328. The summed E-state index contributed by atoms with van der Waals surface area (Å²) in [6.07, 6.45) is 6.36. The smallest absolute Gasteiger partial charge is 0.251 e. The minimum atomic E-state index is -0.0746. The lowest BCUT2D eigenvalue weighted by Crippen LogP contribution is -2.28. The van der Waals surface area contributed by atoms with E-state index in [-0.39, 0.29) is 11.9 Å². The molecule has 2 heterocycles. The summed E-state index contributed by atoms with van der Waals surface area (Å²) in [7, 11) is 0. The van der Waals surface area contributed by atoms with Gasteiger partial charge in [-0.3, -0.25) is 14.5 Å². The van der Waals surface area contributed by atoms with E-state index in [1.165, 1.54) is 0 Å². The molecule has 0 radical (unpaired) electrons. The van der Waals surface area contributed by atoms with Gasteiger partial charge in [-0.2, -0.15) is 5.10 Å². The Kier molecular flexibility index (Phi) is 5.69. The molecule has 3 aromatic rings. The lowest BCUT2D eigenvalue weighted by Gasteiger charge is -2.17. The summed E-state index contributed by atoms with van der Waals surface area (Å²) in [4.78, 5) is 16.9. The van der Waals surface area contributed by atoms with Gasteiger partial charge in [-0.05, 0) is 62.6 Å². The van der Waals surface area contributed by atoms with Crippen molar-refractivity contribution in [3.63, 3.8) is 0 Å². The fraction of sp³-hybridized carbons (Fsp3) is 0.318. The number of pyridine rings is 1. The molecule has 0 aliphatic rings. The van der Waals surface area contributed by atoms with Gasteiger partial charge in [0, 0.05) is 35.8 Å². The van der Waals surface area contributed by atoms with Crippen LogP contribution >= 0.6 is 0 Å². The van der Waals surface area contributed by atoms with Crippen molar-refractivity contribution in [2.45, 2.75) is 46.2 Å². The van der Waals surface area contributed by atoms with Crippen molar-refractivity contribution < 1.29 is 4.79 Å². The van der Waals surface area contributed by atoms with E-state index in [1.807, 2.05) is 54.2 Å². The lowest BCUT2D eigenvalue weighted by molar-refractivity contribution is 0.0935. The van der Waals surface area contributed by atoms with Crippen LogP contribution in [0.3, 0.4) is 0 Å². The van der Waals surface area contributed by atoms with Crippen molar-refractivity contribution in [3.05, 3.63) is 71.8 Å². The summed E-state index contributed by atoms with van der Waals surface area (Å²) in [6.45, 7) is 8.26. The van der Waals surface area contributed by atoms with E-state index in [9.17, 15) is 4.79 Å². The fourth-order valence-corrected chi connectivity index (χ4v) is 3.12. The molecule has 0 spiro atoms. The minimum Gasteiger partial charge on any atom is -0.345 e. The molecule has 0 saturated carbocycles. The van der Waals surface area contributed by atoms with Gasteiger partial charge in [-0.25, -0.2) is 0 Å². The molecule has 1 amide bonds. The van der Waals surface area contributed by atoms with Gasteiger partial charge in [0.05, 0.1) is 11.7 Å². The van der Waals surface area contributed by atoms with Crippen LogP contribution in [0.25, 0.3) is 11.1 Å². The Labute approximate surface area is 160 Å². The molecule has 1 N–H and O–H groups in total. The molecule has 0 bridgehead atoms. The zero-order valence-corrected chi connectivity index (χ0v) is 16.3. The second kappa shape index (κ2) is 8.16. The average molecular weight is 362 g/mol. The molecule has 0 saturated heterocycles. The van der Waals surface area contributed by atoms with Crippen LogP contribution < -0.4 is 5.32 Å². The van der Waals surface area contributed by atoms with Crippen LogP contribution in [0, 0.1) is 6.92 Å². The summed E-state index contributed by atoms with van der Waals surface area (Å²) in [5.74, 6) is -0.0746. The van der Waals surface area contributed by atoms with Crippen molar-refractivity contribution >= 4 is 5.91 Å². The molecule has 0 unspecified atom stereocenters. The highest BCUT2D eigenvalue weighted by atomic mass is 16.1. The van der Waals surface area contributed by atoms with E-state index in [4.69, 9.17) is 0 Å². The van der Waals surface area contributed by atoms with Crippen molar-refractivity contribution in [2.75, 3.05) is 0 Å². The number of amides is 1. The Hall–Kier alpha value is -2.95. The first-order valence-corrected chi connectivity index (χ1v) is 9.36. The van der Waals surface area contributed by atoms with Crippen LogP contribution in [0.4, 0.5) is 0 Å². The Morgan fingerprint density at radius 3 is 2.56 bits per heavy atom. The molecule has 5 nitrogen and oxygen atoms in total. The number of hydrogen-bond donors (Lipinski definition) is 1. The van der Waals surface area contributed by atoms with Crippen LogP contribution in [0.2, 0.25) is 0 Å². The molecule has 0 aliphatic carbocycles. The standard InChI is InChI=1S/C22H26N4O/c1-5-21(17-9-11-23-12-10-17)24-22(27)19-8-6-7-18(13-19)20-14-26(15(2)3)25-16(20)4/h6-15,21H,5H2,1-4H3,(H,24,27)/t21-/m0/s1. The van der Waals surface area contributed by atoms with Crippen molar-refractivity contribution in [1.29, 1.82) is 0 Å². The summed E-state index contributed by atoms with van der Waals surface area (Å²) in [5, 5.41) is 7.70. The van der Waals surface area contributed by atoms with E-state index in [0.717, 1.165) is 28.8 Å². The van der Waals surface area contributed by atoms with Crippen LogP contribution in [-0.2, 0) is 0 Å². The van der Waals surface area contributed by atoms with Crippen molar-refractivity contribution in [2.24, 2.45) is 0 Å². The van der Waals surface area contributed by atoms with Crippen molar-refractivity contribution in [3.8, 4) is 11.1 Å². The van der Waals surface area contributed by atoms with Crippen molar-refractivity contribution in [1.82, 2.24) is 20.1 Å². The molecular formula is C22H26N4O. The molecule has 27 heavy (non-hydrogen) atoms. The second-order valence-corrected chi connectivity index (χ2v) is 7.00. The summed E-state index contributed by atoms with van der Waals surface area (Å²) in [6, 6.07) is 11.9. The third-order valence-corrected chi connectivity index (χ3v) is 4.70. The number of carbonyl (C=O) groups is 1. The molecule has 5 heteroatoms. The number of carbonyl (C=O) groups excluding carboxylic acids is 1. The van der Waals surface area contributed by atoms with Gasteiger partial charge in [0.2, 0.25) is 0 Å². The molecule has 2 aromatic heterocycles. The SMILES string of the molecule is CC[C@H](NC(=O)c1cccc(-c2cn(C(C)C)nc2C)c1)c1ccncc1. The number of aryl methyl sites for hydroxylation is 1. The first-order chi connectivity index (χ1) is 13.0. The fourth-order valence-electron chi connectivity index (χ4n) is 3.12. The van der Waals surface area contributed by atoms with Crippen LogP contribution in [-0.4, -0.2) is 20.7 Å². The third-order valence-electron chi connectivity index (χ3n) is 4.70. The second-order valence-electron chi connectivity index (χ2n) is 7.00. The number of hydrogen-bond acceptors (Lipinski definition) is 3. The zero-order chi connectivity index (χ0) is 19.4. The quantitative estimate of drug-likeness (QED) is 0.690. The van der Waals surface area contributed by atoms with Gasteiger partial charge in [-0.1, -0.05) is 19.1 Å². The summed E-state index contributed by atoms with van der Waals surface area (Å²) >= 11 is 0. The van der Waals surface area contributed by atoms with Crippen LogP contribution in [0.15, 0.2) is 55.0 Å². The van der Waals surface area contributed by atoms with Gasteiger partial charge in [0.15, 0.2) is 0 Å². The number of benzene rings is 1. The number of nitrogens with zero attached hydrogens (tertiary/aromatic N) is 3. The Balaban J connectivity index is 1.84. The van der Waals surface area contributed by atoms with Gasteiger partial charge in [0.25, 0.3) is 5.91 Å². The Bertz CT molecular complexity index is 915. The van der Waals surface area contributed by atoms with Crippen LogP contribution in [0.5, 0.6) is 0 Å². The molecule has 1 aromatic carbocycles. The molecule has 0 aliphatic heterocycles. The first kappa shape index (κ1) is 18.8. The Morgan fingerprint density at radius 2 is 1.93 bits per heavy atom. The highest BCUT2D eigenvalue weighted by molar-refractivity contribution is 5.95. The molecule has 3 rings (SSSR count). The molecule has 0 fully saturated rings.